The lowest BCUT2D eigenvalue weighted by Crippen LogP contribution is -2.27. The Labute approximate surface area is 312 Å². The van der Waals surface area contributed by atoms with Gasteiger partial charge in [0.05, 0.1) is 13.2 Å². The minimum Gasteiger partial charge on any atom is -0.457 e. The number of unbranched alkanes of at least 4 members (excludes halogenated alkanes) is 24. The first-order valence-electron chi connectivity index (χ1n) is 21.7. The number of aliphatic hydroxyl groups excluding tert-OH is 1. The van der Waals surface area contributed by atoms with Gasteiger partial charge in [-0.05, 0) is 51.4 Å². The average molecular weight is 701 g/mol. The lowest BCUT2D eigenvalue weighted by molar-refractivity contribution is -0.154. The fourth-order valence-corrected chi connectivity index (χ4v) is 6.20. The first-order chi connectivity index (χ1) is 24.7. The summed E-state index contributed by atoms with van der Waals surface area (Å²) in [7, 11) is 0. The molecule has 4 heteroatoms. The third-order valence-corrected chi connectivity index (χ3v) is 9.42. The summed E-state index contributed by atoms with van der Waals surface area (Å²) in [5, 5.41) is 9.59. The van der Waals surface area contributed by atoms with Gasteiger partial charge in [0, 0.05) is 13.0 Å². The van der Waals surface area contributed by atoms with E-state index in [-0.39, 0.29) is 12.6 Å². The molecule has 1 unspecified atom stereocenters. The Balaban J connectivity index is 3.41. The number of rotatable bonds is 40. The second-order valence-electron chi connectivity index (χ2n) is 14.4. The minimum absolute atomic E-state index is 0.170. The molecule has 0 aliphatic rings. The number of hydrogen-bond donors (Lipinski definition) is 1. The molecule has 0 aliphatic carbocycles. The lowest BCUT2D eigenvalue weighted by Gasteiger charge is -2.16. The monoisotopic (exact) mass is 701 g/mol. The Hall–Kier alpha value is -1.65. The lowest BCUT2D eigenvalue weighted by atomic mass is 10.0. The predicted molar refractivity (Wildman–Crippen MR) is 219 cm³/mol. The molecule has 0 heterocycles. The Morgan fingerprint density at radius 1 is 0.500 bits per heavy atom. The van der Waals surface area contributed by atoms with Gasteiger partial charge in [0.15, 0.2) is 0 Å². The Morgan fingerprint density at radius 3 is 1.36 bits per heavy atom. The second-order valence-corrected chi connectivity index (χ2v) is 14.4. The molecule has 0 aromatic rings. The smallest absolute Gasteiger partial charge is 0.306 e. The average Bonchev–Trinajstić information content (AvgIpc) is 3.12. The number of ether oxygens (including phenoxy) is 2. The molecule has 0 amide bonds. The molecule has 0 rings (SSSR count). The summed E-state index contributed by atoms with van der Waals surface area (Å²) in [6.45, 7) is 5.25. The third kappa shape index (κ3) is 40.8. The highest BCUT2D eigenvalue weighted by molar-refractivity contribution is 5.69. The molecule has 0 radical (unpaired) electrons. The van der Waals surface area contributed by atoms with Gasteiger partial charge >= 0.3 is 5.97 Å². The molecule has 0 aliphatic heterocycles. The van der Waals surface area contributed by atoms with Crippen LogP contribution in [0.3, 0.4) is 0 Å². The van der Waals surface area contributed by atoms with Crippen LogP contribution in [0.1, 0.15) is 213 Å². The third-order valence-electron chi connectivity index (χ3n) is 9.42. The van der Waals surface area contributed by atoms with Crippen molar-refractivity contribution >= 4 is 5.97 Å². The number of carbonyl (C=O) groups excluding carboxylic acids is 1. The maximum atomic E-state index is 12.2. The number of aliphatic hydroxyl groups is 1. The normalized spacial score (nSPS) is 12.8. The van der Waals surface area contributed by atoms with Crippen LogP contribution in [-0.4, -0.2) is 37.0 Å². The molecular weight excluding hydrogens is 617 g/mol. The van der Waals surface area contributed by atoms with Crippen molar-refractivity contribution in [2.45, 2.75) is 219 Å². The van der Waals surface area contributed by atoms with Crippen LogP contribution in [0.2, 0.25) is 0 Å². The van der Waals surface area contributed by atoms with E-state index in [1.165, 1.54) is 148 Å². The number of allylic oxidation sites excluding steroid dienone is 8. The van der Waals surface area contributed by atoms with Gasteiger partial charge in [0.1, 0.15) is 6.10 Å². The molecule has 4 nitrogen and oxygen atoms in total. The van der Waals surface area contributed by atoms with Crippen LogP contribution >= 0.6 is 0 Å². The second kappa shape index (κ2) is 43.5. The largest absolute Gasteiger partial charge is 0.457 e. The first-order valence-corrected chi connectivity index (χ1v) is 21.7. The zero-order chi connectivity index (χ0) is 36.3. The van der Waals surface area contributed by atoms with Crippen LogP contribution in [-0.2, 0) is 14.3 Å². The molecule has 0 fully saturated rings. The molecule has 292 valence electrons. The van der Waals surface area contributed by atoms with Gasteiger partial charge < -0.3 is 14.6 Å². The van der Waals surface area contributed by atoms with E-state index >= 15 is 0 Å². The van der Waals surface area contributed by atoms with Crippen LogP contribution in [0.5, 0.6) is 0 Å². The Bertz CT molecular complexity index is 783. The molecular formula is C46H84O4. The molecule has 1 N–H and O–H groups in total. The molecule has 0 spiro atoms. The van der Waals surface area contributed by atoms with Crippen molar-refractivity contribution in [2.24, 2.45) is 0 Å². The molecule has 0 aromatic carbocycles. The highest BCUT2D eigenvalue weighted by Crippen LogP contribution is 2.15. The fourth-order valence-electron chi connectivity index (χ4n) is 6.20. The molecule has 0 bridgehead atoms. The SMILES string of the molecule is CC/C=C\C/C=C\C/C=C\C/C=C\CCCCCCCCCCCCCCC(=O)OC(CO)COCCCCCCCCCCCCCCC. The van der Waals surface area contributed by atoms with Crippen molar-refractivity contribution in [2.75, 3.05) is 19.8 Å². The predicted octanol–water partition coefficient (Wildman–Crippen LogP) is 14.3. The molecule has 0 saturated heterocycles. The highest BCUT2D eigenvalue weighted by atomic mass is 16.6. The van der Waals surface area contributed by atoms with Crippen molar-refractivity contribution in [3.63, 3.8) is 0 Å². The van der Waals surface area contributed by atoms with Gasteiger partial charge in [-0.25, -0.2) is 0 Å². The van der Waals surface area contributed by atoms with Crippen LogP contribution in [0.15, 0.2) is 48.6 Å². The standard InChI is InChI=1S/C46H84O4/c1-3-5-7-9-11-13-15-17-18-19-20-21-22-23-24-25-26-27-28-29-31-33-35-37-39-41-46(48)50-45(43-47)44-49-42-40-38-36-34-32-30-16-14-12-10-8-6-4-2/h5,7,11,13,17-18,20-21,45,47H,3-4,6,8-10,12,14-16,19,22-44H2,1-2H3/b7-5-,13-11-,18-17-,21-20-. The Morgan fingerprint density at radius 2 is 0.900 bits per heavy atom. The first kappa shape index (κ1) is 48.3. The van der Waals surface area contributed by atoms with E-state index in [9.17, 15) is 9.90 Å². The van der Waals surface area contributed by atoms with Crippen LogP contribution in [0, 0.1) is 0 Å². The van der Waals surface area contributed by atoms with E-state index in [4.69, 9.17) is 9.47 Å². The summed E-state index contributed by atoms with van der Waals surface area (Å²) in [6.07, 6.45) is 56.0. The molecule has 0 saturated carbocycles. The minimum atomic E-state index is -0.532. The van der Waals surface area contributed by atoms with E-state index in [1.54, 1.807) is 0 Å². The van der Waals surface area contributed by atoms with Crippen molar-refractivity contribution in [3.05, 3.63) is 48.6 Å². The van der Waals surface area contributed by atoms with E-state index in [0.717, 1.165) is 44.9 Å². The van der Waals surface area contributed by atoms with Crippen LogP contribution < -0.4 is 0 Å². The fraction of sp³-hybridized carbons (Fsp3) is 0.804. The number of hydrogen-bond acceptors (Lipinski definition) is 4. The zero-order valence-corrected chi connectivity index (χ0v) is 33.4. The van der Waals surface area contributed by atoms with Crippen molar-refractivity contribution in [3.8, 4) is 0 Å². The van der Waals surface area contributed by atoms with Gasteiger partial charge in [0.2, 0.25) is 0 Å². The van der Waals surface area contributed by atoms with Crippen LogP contribution in [0.25, 0.3) is 0 Å². The number of carbonyl (C=O) groups is 1. The van der Waals surface area contributed by atoms with Crippen molar-refractivity contribution in [1.29, 1.82) is 0 Å². The number of esters is 1. The van der Waals surface area contributed by atoms with Gasteiger partial charge in [0.25, 0.3) is 0 Å². The van der Waals surface area contributed by atoms with E-state index in [2.05, 4.69) is 62.5 Å². The van der Waals surface area contributed by atoms with Gasteiger partial charge in [-0.3, -0.25) is 4.79 Å². The topological polar surface area (TPSA) is 55.8 Å². The van der Waals surface area contributed by atoms with Gasteiger partial charge in [-0.15, -0.1) is 0 Å². The summed E-state index contributed by atoms with van der Waals surface area (Å²) in [5.74, 6) is -0.202. The summed E-state index contributed by atoms with van der Waals surface area (Å²) in [4.78, 5) is 12.2. The van der Waals surface area contributed by atoms with E-state index in [0.29, 0.717) is 19.6 Å². The highest BCUT2D eigenvalue weighted by Gasteiger charge is 2.13. The summed E-state index contributed by atoms with van der Waals surface area (Å²) in [6, 6.07) is 0. The maximum Gasteiger partial charge on any atom is 0.306 e. The van der Waals surface area contributed by atoms with Crippen LogP contribution in [0.4, 0.5) is 0 Å². The quantitative estimate of drug-likeness (QED) is 0.0393. The maximum absolute atomic E-state index is 12.2. The summed E-state index contributed by atoms with van der Waals surface area (Å²) >= 11 is 0. The van der Waals surface area contributed by atoms with Gasteiger partial charge in [-0.2, -0.15) is 0 Å². The Kier molecular flexibility index (Phi) is 42.1. The van der Waals surface area contributed by atoms with E-state index < -0.39 is 6.10 Å². The molecule has 0 aromatic heterocycles. The molecule has 1 atom stereocenters. The molecule has 50 heavy (non-hydrogen) atoms. The van der Waals surface area contributed by atoms with E-state index in [1.807, 2.05) is 0 Å². The van der Waals surface area contributed by atoms with Gasteiger partial charge in [-0.1, -0.05) is 204 Å². The van der Waals surface area contributed by atoms with Crippen molar-refractivity contribution < 1.29 is 19.4 Å². The summed E-state index contributed by atoms with van der Waals surface area (Å²) < 4.78 is 11.2. The zero-order valence-electron chi connectivity index (χ0n) is 33.4. The summed E-state index contributed by atoms with van der Waals surface area (Å²) in [5.41, 5.74) is 0. The van der Waals surface area contributed by atoms with Crippen molar-refractivity contribution in [1.82, 2.24) is 0 Å².